The summed E-state index contributed by atoms with van der Waals surface area (Å²) in [6.07, 6.45) is 7.90. The third kappa shape index (κ3) is 5.11. The summed E-state index contributed by atoms with van der Waals surface area (Å²) in [5.41, 5.74) is 0. The summed E-state index contributed by atoms with van der Waals surface area (Å²) in [4.78, 5) is 10.2. The van der Waals surface area contributed by atoms with Crippen molar-refractivity contribution in [3.63, 3.8) is 0 Å². The topological polar surface area (TPSA) is 26.3 Å². The van der Waals surface area contributed by atoms with Crippen LogP contribution < -0.4 is 0 Å². The minimum Gasteiger partial charge on any atom is -0.350 e. The molecule has 0 saturated heterocycles. The van der Waals surface area contributed by atoms with E-state index in [1.165, 1.54) is 6.42 Å². The average Bonchev–Trinajstić information content (AvgIpc) is 2.96. The molecule has 0 spiro atoms. The molecule has 0 heterocycles. The number of rotatable bonds is 5. The lowest BCUT2D eigenvalue weighted by Crippen LogP contribution is -1.94. The standard InChI is InChI=1S/C12H17O2P/c1-10(14-15)5-3-2-4-6-11-9-12(11)7-8-13/h2,4,8,10-12H,6-7,9,15H2,1H3/b4-2+. The van der Waals surface area contributed by atoms with Crippen molar-refractivity contribution < 1.29 is 9.32 Å². The van der Waals surface area contributed by atoms with Crippen LogP contribution in [0.2, 0.25) is 0 Å². The van der Waals surface area contributed by atoms with Crippen molar-refractivity contribution in [3.8, 4) is 11.8 Å². The highest BCUT2D eigenvalue weighted by Crippen LogP contribution is 2.43. The van der Waals surface area contributed by atoms with Gasteiger partial charge in [0.15, 0.2) is 0 Å². The normalized spacial score (nSPS) is 25.7. The van der Waals surface area contributed by atoms with E-state index < -0.39 is 0 Å². The Morgan fingerprint density at radius 2 is 2.27 bits per heavy atom. The molecule has 1 aliphatic carbocycles. The number of allylic oxidation sites excluding steroid dienone is 2. The lowest BCUT2D eigenvalue weighted by molar-refractivity contribution is -0.108. The molecule has 1 aliphatic rings. The average molecular weight is 224 g/mol. The molecule has 0 aliphatic heterocycles. The van der Waals surface area contributed by atoms with Gasteiger partial charge in [0.05, 0.1) is 0 Å². The third-order valence-corrected chi connectivity index (χ3v) is 3.01. The van der Waals surface area contributed by atoms with Gasteiger partial charge in [-0.1, -0.05) is 17.9 Å². The van der Waals surface area contributed by atoms with Crippen LogP contribution in [0.5, 0.6) is 0 Å². The van der Waals surface area contributed by atoms with Crippen LogP contribution in [0.1, 0.15) is 26.2 Å². The Morgan fingerprint density at radius 1 is 1.53 bits per heavy atom. The maximum atomic E-state index is 10.2. The first kappa shape index (κ1) is 12.4. The molecule has 1 rings (SSSR count). The number of hydrogen-bond donors (Lipinski definition) is 0. The Morgan fingerprint density at radius 3 is 2.93 bits per heavy atom. The Labute approximate surface area is 93.7 Å². The fourth-order valence-electron chi connectivity index (χ4n) is 1.51. The fraction of sp³-hybridized carbons (Fsp3) is 0.583. The van der Waals surface area contributed by atoms with Crippen molar-refractivity contribution in [1.29, 1.82) is 0 Å². The van der Waals surface area contributed by atoms with Gasteiger partial charge in [0.2, 0.25) is 0 Å². The highest BCUT2D eigenvalue weighted by atomic mass is 31.0. The van der Waals surface area contributed by atoms with Gasteiger partial charge in [0.25, 0.3) is 0 Å². The molecule has 0 aromatic heterocycles. The first-order valence-corrected chi connectivity index (χ1v) is 5.70. The van der Waals surface area contributed by atoms with Crippen molar-refractivity contribution in [2.45, 2.75) is 32.3 Å². The van der Waals surface area contributed by atoms with Crippen molar-refractivity contribution in [2.24, 2.45) is 11.8 Å². The van der Waals surface area contributed by atoms with Gasteiger partial charge in [-0.2, -0.15) is 0 Å². The van der Waals surface area contributed by atoms with E-state index in [9.17, 15) is 4.79 Å². The van der Waals surface area contributed by atoms with Crippen LogP contribution in [-0.4, -0.2) is 12.4 Å². The third-order valence-electron chi connectivity index (χ3n) is 2.60. The molecule has 0 amide bonds. The Kier molecular flexibility index (Phi) is 5.61. The zero-order valence-electron chi connectivity index (χ0n) is 8.98. The molecule has 4 unspecified atom stereocenters. The van der Waals surface area contributed by atoms with E-state index in [2.05, 4.69) is 27.4 Å². The Bertz CT molecular complexity index is 288. The van der Waals surface area contributed by atoms with Gasteiger partial charge in [-0.3, -0.25) is 0 Å². The molecule has 0 aromatic rings. The fourth-order valence-corrected chi connectivity index (χ4v) is 1.58. The summed E-state index contributed by atoms with van der Waals surface area (Å²) in [5.74, 6) is 7.20. The molecule has 0 N–H and O–H groups in total. The van der Waals surface area contributed by atoms with Gasteiger partial charge in [-0.25, -0.2) is 0 Å². The summed E-state index contributed by atoms with van der Waals surface area (Å²) < 4.78 is 4.91. The zero-order chi connectivity index (χ0) is 11.1. The van der Waals surface area contributed by atoms with Crippen molar-refractivity contribution in [3.05, 3.63) is 12.2 Å². The molecule has 82 valence electrons. The van der Waals surface area contributed by atoms with Gasteiger partial charge >= 0.3 is 0 Å². The van der Waals surface area contributed by atoms with Crippen molar-refractivity contribution >= 4 is 15.8 Å². The first-order chi connectivity index (χ1) is 7.27. The molecule has 15 heavy (non-hydrogen) atoms. The predicted molar refractivity (Wildman–Crippen MR) is 64.1 cm³/mol. The van der Waals surface area contributed by atoms with Crippen LogP contribution in [0.25, 0.3) is 0 Å². The smallest absolute Gasteiger partial charge is 0.120 e. The SMILES string of the molecule is CC(C#C/C=C/CC1CC1CC=O)OP. The molecule has 0 aromatic carbocycles. The summed E-state index contributed by atoms with van der Waals surface area (Å²) in [5, 5.41) is 0. The number of hydrogen-bond acceptors (Lipinski definition) is 2. The van der Waals surface area contributed by atoms with Gasteiger partial charge in [0.1, 0.15) is 12.4 Å². The molecule has 2 nitrogen and oxygen atoms in total. The second-order valence-corrected chi connectivity index (χ2v) is 4.14. The van der Waals surface area contributed by atoms with Gasteiger partial charge in [0, 0.05) is 15.9 Å². The lowest BCUT2D eigenvalue weighted by atomic mass is 10.2. The number of aldehydes is 1. The van der Waals surface area contributed by atoms with E-state index in [-0.39, 0.29) is 6.10 Å². The number of carbonyl (C=O) groups excluding carboxylic acids is 1. The lowest BCUT2D eigenvalue weighted by Gasteiger charge is -1.95. The number of carbonyl (C=O) groups is 1. The summed E-state index contributed by atoms with van der Waals surface area (Å²) in [6, 6.07) is 0. The minimum absolute atomic E-state index is 0.0385. The van der Waals surface area contributed by atoms with Crippen molar-refractivity contribution in [1.82, 2.24) is 0 Å². The molecule has 3 heteroatoms. The maximum absolute atomic E-state index is 10.2. The van der Waals surface area contributed by atoms with Crippen molar-refractivity contribution in [2.75, 3.05) is 0 Å². The van der Waals surface area contributed by atoms with Crippen LogP contribution in [0.15, 0.2) is 12.2 Å². The second kappa shape index (κ2) is 6.77. The molecular formula is C12H17O2P. The molecule has 0 bridgehead atoms. The van der Waals surface area contributed by atoms with Crippen LogP contribution in [0.3, 0.4) is 0 Å². The largest absolute Gasteiger partial charge is 0.350 e. The van der Waals surface area contributed by atoms with E-state index >= 15 is 0 Å². The van der Waals surface area contributed by atoms with E-state index in [0.717, 1.165) is 19.1 Å². The maximum Gasteiger partial charge on any atom is 0.120 e. The molecular weight excluding hydrogens is 207 g/mol. The van der Waals surface area contributed by atoms with Crippen LogP contribution in [0, 0.1) is 23.7 Å². The summed E-state index contributed by atoms with van der Waals surface area (Å²) in [6.45, 7) is 1.90. The van der Waals surface area contributed by atoms with E-state index in [1.807, 2.05) is 13.0 Å². The van der Waals surface area contributed by atoms with E-state index in [4.69, 9.17) is 4.52 Å². The molecule has 1 saturated carbocycles. The molecule has 0 radical (unpaired) electrons. The molecule has 1 fully saturated rings. The van der Waals surface area contributed by atoms with Crippen LogP contribution in [-0.2, 0) is 9.32 Å². The Hall–Kier alpha value is -0.640. The zero-order valence-corrected chi connectivity index (χ0v) is 10.1. The highest BCUT2D eigenvalue weighted by molar-refractivity contribution is 7.09. The monoisotopic (exact) mass is 224 g/mol. The van der Waals surface area contributed by atoms with Gasteiger partial charge in [-0.05, 0) is 37.7 Å². The van der Waals surface area contributed by atoms with E-state index in [1.54, 1.807) is 0 Å². The minimum atomic E-state index is -0.0385. The summed E-state index contributed by atoms with van der Waals surface area (Å²) in [7, 11) is 2.20. The van der Waals surface area contributed by atoms with Gasteiger partial charge < -0.3 is 9.32 Å². The van der Waals surface area contributed by atoms with Gasteiger partial charge in [-0.15, -0.1) is 0 Å². The van der Waals surface area contributed by atoms with Crippen LogP contribution in [0.4, 0.5) is 0 Å². The van der Waals surface area contributed by atoms with E-state index in [0.29, 0.717) is 11.8 Å². The highest BCUT2D eigenvalue weighted by Gasteiger charge is 2.34. The summed E-state index contributed by atoms with van der Waals surface area (Å²) >= 11 is 0. The predicted octanol–water partition coefficient (Wildman–Crippen LogP) is 2.36. The Balaban J connectivity index is 2.12. The quantitative estimate of drug-likeness (QED) is 0.407. The second-order valence-electron chi connectivity index (χ2n) is 3.86. The first-order valence-electron chi connectivity index (χ1n) is 5.23. The molecule has 4 atom stereocenters. The van der Waals surface area contributed by atoms with Crippen LogP contribution >= 0.6 is 9.47 Å².